The van der Waals surface area contributed by atoms with Crippen LogP contribution in [0.1, 0.15) is 23.6 Å². The van der Waals surface area contributed by atoms with Crippen LogP contribution in [0.15, 0.2) is 35.3 Å². The van der Waals surface area contributed by atoms with E-state index in [1.54, 1.807) is 6.92 Å². The highest BCUT2D eigenvalue weighted by Crippen LogP contribution is 2.41. The number of nitrogens with zero attached hydrogens (tertiary/aromatic N) is 1. The van der Waals surface area contributed by atoms with E-state index < -0.39 is 34.7 Å². The first-order valence-electron chi connectivity index (χ1n) is 8.21. The maximum Gasteiger partial charge on any atom is 0.417 e. The van der Waals surface area contributed by atoms with Gasteiger partial charge in [-0.25, -0.2) is 4.39 Å². The molecule has 0 radical (unpaired) electrons. The standard InChI is InChI=1S/C19H15ClF4N2O2/c1-9-15(8-27)26-14-6-4-12(19(22,23)24)17(20)16(14)18(25-9)11-7-10(28-2)3-5-13(11)21/h3-9,15,26H,1-2H3. The van der Waals surface area contributed by atoms with Crippen LogP contribution in [0.2, 0.25) is 5.02 Å². The number of fused-ring (bicyclic) bond motifs is 1. The van der Waals surface area contributed by atoms with Gasteiger partial charge in [0.15, 0.2) is 0 Å². The summed E-state index contributed by atoms with van der Waals surface area (Å²) >= 11 is 6.11. The number of aldehydes is 1. The van der Waals surface area contributed by atoms with Crippen LogP contribution in [0.5, 0.6) is 5.75 Å². The lowest BCUT2D eigenvalue weighted by atomic mass is 9.97. The van der Waals surface area contributed by atoms with Gasteiger partial charge < -0.3 is 14.8 Å². The third kappa shape index (κ3) is 3.56. The Morgan fingerprint density at radius 1 is 1.25 bits per heavy atom. The van der Waals surface area contributed by atoms with Crippen molar-refractivity contribution in [3.05, 3.63) is 57.9 Å². The molecule has 9 heteroatoms. The van der Waals surface area contributed by atoms with Crippen molar-refractivity contribution in [3.8, 4) is 5.75 Å². The maximum absolute atomic E-state index is 14.6. The second-order valence-corrected chi connectivity index (χ2v) is 6.60. The van der Waals surface area contributed by atoms with Gasteiger partial charge in [-0.15, -0.1) is 0 Å². The van der Waals surface area contributed by atoms with Crippen LogP contribution in [-0.2, 0) is 11.0 Å². The van der Waals surface area contributed by atoms with E-state index in [1.165, 1.54) is 19.2 Å². The summed E-state index contributed by atoms with van der Waals surface area (Å²) in [4.78, 5) is 15.8. The molecule has 1 N–H and O–H groups in total. The van der Waals surface area contributed by atoms with Crippen molar-refractivity contribution in [3.63, 3.8) is 0 Å². The van der Waals surface area contributed by atoms with Crippen LogP contribution in [0.3, 0.4) is 0 Å². The van der Waals surface area contributed by atoms with Crippen LogP contribution < -0.4 is 10.1 Å². The zero-order valence-electron chi connectivity index (χ0n) is 14.8. The number of anilines is 1. The van der Waals surface area contributed by atoms with E-state index in [4.69, 9.17) is 16.3 Å². The van der Waals surface area contributed by atoms with E-state index in [0.29, 0.717) is 12.0 Å². The fourth-order valence-electron chi connectivity index (χ4n) is 2.96. The Bertz CT molecular complexity index is 960. The number of methoxy groups -OCH3 is 1. The Balaban J connectivity index is 2.35. The van der Waals surface area contributed by atoms with Crippen LogP contribution in [0.4, 0.5) is 23.2 Å². The molecule has 4 nitrogen and oxygen atoms in total. The van der Waals surface area contributed by atoms with Crippen molar-refractivity contribution in [2.45, 2.75) is 25.2 Å². The zero-order chi connectivity index (χ0) is 20.6. The number of halogens is 5. The molecule has 0 saturated heterocycles. The molecule has 0 fully saturated rings. The molecule has 0 aliphatic carbocycles. The quantitative estimate of drug-likeness (QED) is 0.583. The van der Waals surface area contributed by atoms with Gasteiger partial charge in [0.1, 0.15) is 23.9 Å². The first-order chi connectivity index (χ1) is 13.2. The molecule has 2 unspecified atom stereocenters. The third-order valence-electron chi connectivity index (χ3n) is 4.43. The summed E-state index contributed by atoms with van der Waals surface area (Å²) in [5.74, 6) is -0.420. The fourth-order valence-corrected chi connectivity index (χ4v) is 3.32. The number of hydrogen-bond donors (Lipinski definition) is 1. The Kier molecular flexibility index (Phi) is 5.34. The Labute approximate surface area is 163 Å². The van der Waals surface area contributed by atoms with Crippen molar-refractivity contribution in [1.29, 1.82) is 0 Å². The van der Waals surface area contributed by atoms with Gasteiger partial charge in [-0.3, -0.25) is 4.99 Å². The van der Waals surface area contributed by atoms with Gasteiger partial charge in [0.2, 0.25) is 0 Å². The van der Waals surface area contributed by atoms with E-state index in [1.807, 2.05) is 0 Å². The molecule has 2 atom stereocenters. The van der Waals surface area contributed by atoms with Gasteiger partial charge in [-0.1, -0.05) is 11.6 Å². The Morgan fingerprint density at radius 2 is 1.96 bits per heavy atom. The SMILES string of the molecule is COc1ccc(F)c(C2=NC(C)C(C=O)Nc3ccc(C(F)(F)F)c(Cl)c32)c1. The highest BCUT2D eigenvalue weighted by molar-refractivity contribution is 6.37. The van der Waals surface area contributed by atoms with Crippen LogP contribution >= 0.6 is 11.6 Å². The van der Waals surface area contributed by atoms with Gasteiger partial charge in [0.05, 0.1) is 29.4 Å². The number of alkyl halides is 3. The molecule has 3 rings (SSSR count). The number of benzodiazepines with no additional fused rings is 1. The second kappa shape index (κ2) is 7.43. The molecule has 0 aromatic heterocycles. The summed E-state index contributed by atoms with van der Waals surface area (Å²) in [5, 5.41) is 2.21. The average Bonchev–Trinajstić information content (AvgIpc) is 2.78. The Morgan fingerprint density at radius 3 is 2.57 bits per heavy atom. The molecule has 2 aromatic rings. The fraction of sp³-hybridized carbons (Fsp3) is 0.263. The van der Waals surface area contributed by atoms with Crippen molar-refractivity contribution >= 4 is 29.3 Å². The predicted molar refractivity (Wildman–Crippen MR) is 98.0 cm³/mol. The number of hydrogen-bond acceptors (Lipinski definition) is 4. The summed E-state index contributed by atoms with van der Waals surface area (Å²) in [6.45, 7) is 1.59. The number of carbonyl (C=O) groups excluding carboxylic acids is 1. The van der Waals surface area contributed by atoms with E-state index in [0.717, 1.165) is 18.2 Å². The van der Waals surface area contributed by atoms with E-state index in [-0.39, 0.29) is 22.5 Å². The largest absolute Gasteiger partial charge is 0.497 e. The molecule has 1 heterocycles. The first kappa shape index (κ1) is 20.1. The monoisotopic (exact) mass is 414 g/mol. The highest BCUT2D eigenvalue weighted by atomic mass is 35.5. The number of carbonyl (C=O) groups is 1. The lowest BCUT2D eigenvalue weighted by Crippen LogP contribution is -2.31. The van der Waals surface area contributed by atoms with Gasteiger partial charge in [-0.05, 0) is 37.3 Å². The molecular weight excluding hydrogens is 400 g/mol. The van der Waals surface area contributed by atoms with E-state index in [9.17, 15) is 22.4 Å². The lowest BCUT2D eigenvalue weighted by molar-refractivity contribution is -0.137. The topological polar surface area (TPSA) is 50.7 Å². The van der Waals surface area contributed by atoms with E-state index in [2.05, 4.69) is 10.3 Å². The van der Waals surface area contributed by atoms with Crippen molar-refractivity contribution < 1.29 is 27.1 Å². The van der Waals surface area contributed by atoms with Crippen molar-refractivity contribution in [1.82, 2.24) is 0 Å². The molecule has 1 aliphatic rings. The maximum atomic E-state index is 14.6. The molecule has 0 bridgehead atoms. The smallest absolute Gasteiger partial charge is 0.417 e. The summed E-state index contributed by atoms with van der Waals surface area (Å²) in [6.07, 6.45) is -4.12. The predicted octanol–water partition coefficient (Wildman–Crippen LogP) is 4.73. The minimum Gasteiger partial charge on any atom is -0.497 e. The number of benzene rings is 2. The normalized spacial score (nSPS) is 19.2. The zero-order valence-corrected chi connectivity index (χ0v) is 15.5. The summed E-state index contributed by atoms with van der Waals surface area (Å²) in [5.41, 5.74) is -1.22. The number of nitrogens with one attached hydrogen (secondary N) is 1. The van der Waals surface area contributed by atoms with Crippen molar-refractivity contribution in [2.75, 3.05) is 12.4 Å². The summed E-state index contributed by atoms with van der Waals surface area (Å²) in [7, 11) is 1.38. The van der Waals surface area contributed by atoms with Crippen molar-refractivity contribution in [2.24, 2.45) is 4.99 Å². The molecular formula is C19H15ClF4N2O2. The van der Waals surface area contributed by atoms with Gasteiger partial charge >= 0.3 is 6.18 Å². The van der Waals surface area contributed by atoms with Gasteiger partial charge in [-0.2, -0.15) is 13.2 Å². The van der Waals surface area contributed by atoms with Gasteiger partial charge in [0.25, 0.3) is 0 Å². The third-order valence-corrected chi connectivity index (χ3v) is 4.83. The molecule has 0 amide bonds. The summed E-state index contributed by atoms with van der Waals surface area (Å²) < 4.78 is 59.8. The van der Waals surface area contributed by atoms with Crippen LogP contribution in [-0.4, -0.2) is 31.2 Å². The average molecular weight is 415 g/mol. The number of rotatable bonds is 3. The number of aliphatic imine (C=N–C) groups is 1. The minimum atomic E-state index is -4.72. The molecule has 28 heavy (non-hydrogen) atoms. The highest BCUT2D eigenvalue weighted by Gasteiger charge is 2.37. The number of ether oxygens (including phenoxy) is 1. The molecule has 2 aromatic carbocycles. The molecule has 1 aliphatic heterocycles. The van der Waals surface area contributed by atoms with Gasteiger partial charge in [0, 0.05) is 16.8 Å². The van der Waals surface area contributed by atoms with Crippen LogP contribution in [0.25, 0.3) is 0 Å². The molecule has 0 spiro atoms. The lowest BCUT2D eigenvalue weighted by Gasteiger charge is -2.18. The minimum absolute atomic E-state index is 0.0815. The molecule has 148 valence electrons. The van der Waals surface area contributed by atoms with E-state index >= 15 is 0 Å². The second-order valence-electron chi connectivity index (χ2n) is 6.22. The molecule has 0 saturated carbocycles. The summed E-state index contributed by atoms with van der Waals surface area (Å²) in [6, 6.07) is 4.28. The Hall–Kier alpha value is -2.61. The van der Waals surface area contributed by atoms with Crippen LogP contribution in [0, 0.1) is 5.82 Å². The first-order valence-corrected chi connectivity index (χ1v) is 8.58.